The first-order valence-corrected chi connectivity index (χ1v) is 7.61. The van der Waals surface area contributed by atoms with Gasteiger partial charge >= 0.3 is 5.97 Å². The van der Waals surface area contributed by atoms with Crippen molar-refractivity contribution in [3.05, 3.63) is 35.9 Å². The largest absolute Gasteiger partial charge is 0.478 e. The molecule has 0 saturated heterocycles. The van der Waals surface area contributed by atoms with Gasteiger partial charge in [0.05, 0.1) is 11.4 Å². The topological polar surface area (TPSA) is 113 Å². The lowest BCUT2D eigenvalue weighted by atomic mass is 10.2. The normalized spacial score (nSPS) is 11.5. The van der Waals surface area contributed by atoms with E-state index in [1.54, 1.807) is 6.92 Å². The zero-order valence-electron chi connectivity index (χ0n) is 11.4. The van der Waals surface area contributed by atoms with Crippen molar-refractivity contribution in [3.8, 4) is 0 Å². The Bertz CT molecular complexity index is 635. The standard InChI is InChI=1S/C13H16N2O5S/c1-2-14-12(16)9-15-21(19,20)11-6-3-10(4-7-11)5-8-13(17)18/h3-8,15H,2,9H2,1H3,(H,14,16)(H,17,18)/b8-5+. The van der Waals surface area contributed by atoms with E-state index in [1.807, 2.05) is 0 Å². The van der Waals surface area contributed by atoms with E-state index in [9.17, 15) is 18.0 Å². The Morgan fingerprint density at radius 3 is 2.38 bits per heavy atom. The van der Waals surface area contributed by atoms with Crippen LogP contribution >= 0.6 is 0 Å². The number of benzene rings is 1. The van der Waals surface area contributed by atoms with Crippen molar-refractivity contribution >= 4 is 28.0 Å². The summed E-state index contributed by atoms with van der Waals surface area (Å²) in [5.74, 6) is -1.50. The van der Waals surface area contributed by atoms with Crippen molar-refractivity contribution in [1.82, 2.24) is 10.0 Å². The van der Waals surface area contributed by atoms with Crippen LogP contribution in [0.4, 0.5) is 0 Å². The molecule has 7 nitrogen and oxygen atoms in total. The molecule has 1 aromatic rings. The van der Waals surface area contributed by atoms with E-state index in [2.05, 4.69) is 10.0 Å². The Morgan fingerprint density at radius 1 is 1.24 bits per heavy atom. The van der Waals surface area contributed by atoms with Gasteiger partial charge in [-0.3, -0.25) is 4.79 Å². The molecule has 0 aliphatic carbocycles. The van der Waals surface area contributed by atoms with Gasteiger partial charge in [0, 0.05) is 12.6 Å². The molecule has 8 heteroatoms. The van der Waals surface area contributed by atoms with E-state index in [0.717, 1.165) is 6.08 Å². The second-order valence-corrected chi connectivity index (χ2v) is 5.79. The summed E-state index contributed by atoms with van der Waals surface area (Å²) >= 11 is 0. The van der Waals surface area contributed by atoms with Gasteiger partial charge in [-0.2, -0.15) is 0 Å². The van der Waals surface area contributed by atoms with Crippen LogP contribution in [0.2, 0.25) is 0 Å². The van der Waals surface area contributed by atoms with Crippen molar-refractivity contribution in [2.24, 2.45) is 0 Å². The Balaban J connectivity index is 2.75. The van der Waals surface area contributed by atoms with Crippen molar-refractivity contribution in [2.75, 3.05) is 13.1 Å². The average Bonchev–Trinajstić information content (AvgIpc) is 2.44. The van der Waals surface area contributed by atoms with Gasteiger partial charge in [0.25, 0.3) is 0 Å². The molecule has 0 aliphatic heterocycles. The molecule has 0 heterocycles. The minimum absolute atomic E-state index is 0.000673. The van der Waals surface area contributed by atoms with Gasteiger partial charge < -0.3 is 10.4 Å². The molecule has 1 aromatic carbocycles. The SMILES string of the molecule is CCNC(=O)CNS(=O)(=O)c1ccc(/C=C/C(=O)O)cc1. The van der Waals surface area contributed by atoms with Crippen LogP contribution < -0.4 is 10.0 Å². The van der Waals surface area contributed by atoms with E-state index in [4.69, 9.17) is 5.11 Å². The van der Waals surface area contributed by atoms with Crippen molar-refractivity contribution in [2.45, 2.75) is 11.8 Å². The molecule has 0 bridgehead atoms. The van der Waals surface area contributed by atoms with Crippen LogP contribution in [0.5, 0.6) is 0 Å². The number of amides is 1. The number of carbonyl (C=O) groups is 2. The molecular formula is C13H16N2O5S. The maximum atomic E-state index is 11.9. The molecule has 0 saturated carbocycles. The molecule has 0 spiro atoms. The van der Waals surface area contributed by atoms with Crippen LogP contribution in [0.25, 0.3) is 6.08 Å². The van der Waals surface area contributed by atoms with E-state index >= 15 is 0 Å². The van der Waals surface area contributed by atoms with Crippen molar-refractivity contribution in [1.29, 1.82) is 0 Å². The second kappa shape index (κ2) is 7.55. The van der Waals surface area contributed by atoms with E-state index in [1.165, 1.54) is 30.3 Å². The number of carboxylic acid groups (broad SMARTS) is 1. The maximum absolute atomic E-state index is 11.9. The first kappa shape index (κ1) is 16.9. The first-order chi connectivity index (χ1) is 9.85. The Hall–Kier alpha value is -2.19. The van der Waals surface area contributed by atoms with Crippen LogP contribution in [0.3, 0.4) is 0 Å². The lowest BCUT2D eigenvalue weighted by molar-refractivity contribution is -0.131. The molecular weight excluding hydrogens is 296 g/mol. The van der Waals surface area contributed by atoms with Crippen LogP contribution in [0.15, 0.2) is 35.2 Å². The Kier molecular flexibility index (Phi) is 6.07. The monoisotopic (exact) mass is 312 g/mol. The molecule has 114 valence electrons. The number of carboxylic acids is 1. The molecule has 3 N–H and O–H groups in total. The fourth-order valence-electron chi connectivity index (χ4n) is 1.43. The minimum atomic E-state index is -3.77. The average molecular weight is 312 g/mol. The van der Waals surface area contributed by atoms with Gasteiger partial charge in [0.2, 0.25) is 15.9 Å². The third-order valence-corrected chi connectivity index (χ3v) is 3.82. The summed E-state index contributed by atoms with van der Waals surface area (Å²) in [4.78, 5) is 21.6. The number of carbonyl (C=O) groups excluding carboxylic acids is 1. The van der Waals surface area contributed by atoms with Gasteiger partial charge in [-0.25, -0.2) is 17.9 Å². The van der Waals surface area contributed by atoms with Gasteiger partial charge in [-0.1, -0.05) is 12.1 Å². The number of likely N-dealkylation sites (N-methyl/N-ethyl adjacent to an activating group) is 1. The van der Waals surface area contributed by atoms with Crippen LogP contribution in [0.1, 0.15) is 12.5 Å². The minimum Gasteiger partial charge on any atom is -0.478 e. The van der Waals surface area contributed by atoms with Crippen molar-refractivity contribution < 1.29 is 23.1 Å². The van der Waals surface area contributed by atoms with Crippen molar-refractivity contribution in [3.63, 3.8) is 0 Å². The third kappa shape index (κ3) is 5.76. The molecule has 0 atom stereocenters. The third-order valence-electron chi connectivity index (χ3n) is 2.41. The highest BCUT2D eigenvalue weighted by molar-refractivity contribution is 7.89. The highest BCUT2D eigenvalue weighted by Crippen LogP contribution is 2.11. The lowest BCUT2D eigenvalue weighted by Crippen LogP contribution is -2.36. The number of nitrogens with one attached hydrogen (secondary N) is 2. The highest BCUT2D eigenvalue weighted by Gasteiger charge is 2.14. The number of sulfonamides is 1. The summed E-state index contributed by atoms with van der Waals surface area (Å²) in [5.41, 5.74) is 0.556. The Morgan fingerprint density at radius 2 is 1.86 bits per heavy atom. The highest BCUT2D eigenvalue weighted by atomic mass is 32.2. The quantitative estimate of drug-likeness (QED) is 0.623. The summed E-state index contributed by atoms with van der Waals surface area (Å²) in [7, 11) is -3.77. The second-order valence-electron chi connectivity index (χ2n) is 4.02. The molecule has 0 radical (unpaired) electrons. The van der Waals surface area contributed by atoms with Crippen LogP contribution in [-0.4, -0.2) is 38.5 Å². The molecule has 1 amide bonds. The fraction of sp³-hybridized carbons (Fsp3) is 0.231. The molecule has 0 fully saturated rings. The molecule has 0 aromatic heterocycles. The number of hydrogen-bond acceptors (Lipinski definition) is 4. The molecule has 1 rings (SSSR count). The van der Waals surface area contributed by atoms with Crippen LogP contribution in [-0.2, 0) is 19.6 Å². The van der Waals surface area contributed by atoms with E-state index in [0.29, 0.717) is 12.1 Å². The van der Waals surface area contributed by atoms with Crippen LogP contribution in [0, 0.1) is 0 Å². The first-order valence-electron chi connectivity index (χ1n) is 6.12. The number of hydrogen-bond donors (Lipinski definition) is 3. The van der Waals surface area contributed by atoms with E-state index in [-0.39, 0.29) is 11.4 Å². The predicted octanol–water partition coefficient (Wildman–Crippen LogP) is 0.199. The summed E-state index contributed by atoms with van der Waals surface area (Å²) in [5, 5.41) is 11.0. The molecule has 21 heavy (non-hydrogen) atoms. The number of rotatable bonds is 7. The molecule has 0 unspecified atom stereocenters. The maximum Gasteiger partial charge on any atom is 0.328 e. The summed E-state index contributed by atoms with van der Waals surface area (Å²) in [6.07, 6.45) is 2.30. The summed E-state index contributed by atoms with van der Waals surface area (Å²) in [6.45, 7) is 1.82. The van der Waals surface area contributed by atoms with Gasteiger partial charge in [0.15, 0.2) is 0 Å². The summed E-state index contributed by atoms with van der Waals surface area (Å²) < 4.78 is 26.0. The number of aliphatic carboxylic acids is 1. The van der Waals surface area contributed by atoms with Gasteiger partial charge in [-0.15, -0.1) is 0 Å². The lowest BCUT2D eigenvalue weighted by Gasteiger charge is -2.07. The summed E-state index contributed by atoms with van der Waals surface area (Å²) in [6, 6.07) is 5.61. The smallest absolute Gasteiger partial charge is 0.328 e. The predicted molar refractivity (Wildman–Crippen MR) is 77.0 cm³/mol. The van der Waals surface area contributed by atoms with Gasteiger partial charge in [0.1, 0.15) is 0 Å². The zero-order valence-corrected chi connectivity index (χ0v) is 12.2. The van der Waals surface area contributed by atoms with Gasteiger partial charge in [-0.05, 0) is 30.7 Å². The molecule has 0 aliphatic rings. The van der Waals surface area contributed by atoms with E-state index < -0.39 is 21.9 Å². The fourth-order valence-corrected chi connectivity index (χ4v) is 2.41. The zero-order chi connectivity index (χ0) is 15.9. The Labute approximate surface area is 122 Å².